The first-order valence-corrected chi connectivity index (χ1v) is 3.62. The molecule has 0 heterocycles. The highest BCUT2D eigenvalue weighted by molar-refractivity contribution is 5.69. The van der Waals surface area contributed by atoms with Crippen molar-refractivity contribution < 1.29 is 13.9 Å². The highest BCUT2D eigenvalue weighted by atomic mass is 19.1. The Morgan fingerprint density at radius 1 is 1.46 bits per heavy atom. The molecule has 4 heteroatoms. The summed E-state index contributed by atoms with van der Waals surface area (Å²) in [5, 5.41) is 9.17. The first-order valence-electron chi connectivity index (χ1n) is 3.62. The van der Waals surface area contributed by atoms with E-state index in [0.29, 0.717) is 6.07 Å². The number of phenolic OH excluding ortho intramolecular Hbond substituents is 1. The first kappa shape index (κ1) is 9.67. The molecule has 1 rings (SSSR count). The third-order valence-electron chi connectivity index (χ3n) is 1.66. The highest BCUT2D eigenvalue weighted by Crippen LogP contribution is 2.27. The SMILES string of the molecule is C=C(CN)c1cc(F)cc(F)c1O. The lowest BCUT2D eigenvalue weighted by Gasteiger charge is -2.06. The Labute approximate surface area is 74.3 Å². The van der Waals surface area contributed by atoms with Crippen LogP contribution in [0.3, 0.4) is 0 Å². The molecule has 0 aliphatic heterocycles. The van der Waals surface area contributed by atoms with E-state index in [-0.39, 0.29) is 17.7 Å². The van der Waals surface area contributed by atoms with Crippen molar-refractivity contribution in [2.24, 2.45) is 5.73 Å². The summed E-state index contributed by atoms with van der Waals surface area (Å²) in [6.45, 7) is 3.51. The number of hydrogen-bond acceptors (Lipinski definition) is 2. The largest absolute Gasteiger partial charge is 0.504 e. The Kier molecular flexibility index (Phi) is 2.63. The van der Waals surface area contributed by atoms with Crippen LogP contribution in [0.25, 0.3) is 5.57 Å². The van der Waals surface area contributed by atoms with E-state index in [4.69, 9.17) is 10.8 Å². The van der Waals surface area contributed by atoms with Gasteiger partial charge in [-0.05, 0) is 11.6 Å². The fraction of sp³-hybridized carbons (Fsp3) is 0.111. The maximum Gasteiger partial charge on any atom is 0.168 e. The zero-order valence-electron chi connectivity index (χ0n) is 6.85. The second-order valence-electron chi connectivity index (χ2n) is 2.59. The van der Waals surface area contributed by atoms with Gasteiger partial charge < -0.3 is 10.8 Å². The minimum absolute atomic E-state index is 0.0139. The van der Waals surface area contributed by atoms with Gasteiger partial charge in [0.15, 0.2) is 11.6 Å². The van der Waals surface area contributed by atoms with E-state index < -0.39 is 17.4 Å². The number of hydrogen-bond donors (Lipinski definition) is 2. The summed E-state index contributed by atoms with van der Waals surface area (Å²) in [7, 11) is 0. The van der Waals surface area contributed by atoms with Crippen molar-refractivity contribution in [2.75, 3.05) is 6.54 Å². The molecule has 0 spiro atoms. The van der Waals surface area contributed by atoms with Crippen LogP contribution in [0.15, 0.2) is 18.7 Å². The third-order valence-corrected chi connectivity index (χ3v) is 1.66. The van der Waals surface area contributed by atoms with Crippen molar-refractivity contribution in [3.8, 4) is 5.75 Å². The van der Waals surface area contributed by atoms with Gasteiger partial charge in [-0.2, -0.15) is 0 Å². The molecule has 0 unspecified atom stereocenters. The van der Waals surface area contributed by atoms with E-state index in [1.807, 2.05) is 0 Å². The number of nitrogens with two attached hydrogens (primary N) is 1. The van der Waals surface area contributed by atoms with Gasteiger partial charge in [0.05, 0.1) is 0 Å². The molecule has 1 aromatic carbocycles. The quantitative estimate of drug-likeness (QED) is 0.735. The Morgan fingerprint density at radius 3 is 2.62 bits per heavy atom. The second-order valence-corrected chi connectivity index (χ2v) is 2.59. The van der Waals surface area contributed by atoms with Gasteiger partial charge in [-0.25, -0.2) is 8.78 Å². The number of halogens is 2. The van der Waals surface area contributed by atoms with Crippen LogP contribution in [0.1, 0.15) is 5.56 Å². The van der Waals surface area contributed by atoms with Gasteiger partial charge in [0.1, 0.15) is 5.82 Å². The fourth-order valence-corrected chi connectivity index (χ4v) is 0.945. The molecule has 3 N–H and O–H groups in total. The Hall–Kier alpha value is -1.42. The lowest BCUT2D eigenvalue weighted by atomic mass is 10.1. The molecule has 70 valence electrons. The topological polar surface area (TPSA) is 46.2 Å². The second kappa shape index (κ2) is 3.53. The summed E-state index contributed by atoms with van der Waals surface area (Å²) in [5.41, 5.74) is 5.52. The summed E-state index contributed by atoms with van der Waals surface area (Å²) in [6.07, 6.45) is 0. The van der Waals surface area contributed by atoms with Crippen LogP contribution >= 0.6 is 0 Å². The monoisotopic (exact) mass is 185 g/mol. The lowest BCUT2D eigenvalue weighted by Crippen LogP contribution is -2.02. The van der Waals surface area contributed by atoms with Crippen molar-refractivity contribution in [3.05, 3.63) is 35.9 Å². The number of phenols is 1. The standard InChI is InChI=1S/C9H9F2NO/c1-5(4-12)7-2-6(10)3-8(11)9(7)13/h2-3,13H,1,4,12H2. The summed E-state index contributed by atoms with van der Waals surface area (Å²) in [6, 6.07) is 1.59. The molecule has 0 saturated heterocycles. The molecule has 0 aliphatic carbocycles. The Morgan fingerprint density at radius 2 is 2.08 bits per heavy atom. The van der Waals surface area contributed by atoms with E-state index in [1.54, 1.807) is 0 Å². The van der Waals surface area contributed by atoms with Gasteiger partial charge in [-0.1, -0.05) is 6.58 Å². The number of benzene rings is 1. The van der Waals surface area contributed by atoms with E-state index in [0.717, 1.165) is 6.07 Å². The predicted molar refractivity (Wildman–Crippen MR) is 46.1 cm³/mol. The molecular weight excluding hydrogens is 176 g/mol. The Balaban J connectivity index is 3.28. The average molecular weight is 185 g/mol. The van der Waals surface area contributed by atoms with Crippen LogP contribution in [0, 0.1) is 11.6 Å². The van der Waals surface area contributed by atoms with Gasteiger partial charge in [-0.3, -0.25) is 0 Å². The van der Waals surface area contributed by atoms with Crippen LogP contribution in [0.4, 0.5) is 8.78 Å². The lowest BCUT2D eigenvalue weighted by molar-refractivity contribution is 0.426. The zero-order chi connectivity index (χ0) is 10.0. The van der Waals surface area contributed by atoms with Crippen molar-refractivity contribution in [1.82, 2.24) is 0 Å². The summed E-state index contributed by atoms with van der Waals surface area (Å²) in [4.78, 5) is 0. The molecule has 0 bridgehead atoms. The van der Waals surface area contributed by atoms with Gasteiger partial charge >= 0.3 is 0 Å². The van der Waals surface area contributed by atoms with E-state index >= 15 is 0 Å². The molecule has 0 atom stereocenters. The van der Waals surface area contributed by atoms with E-state index in [1.165, 1.54) is 0 Å². The number of rotatable bonds is 2. The van der Waals surface area contributed by atoms with Crippen LogP contribution < -0.4 is 5.73 Å². The molecule has 0 amide bonds. The summed E-state index contributed by atoms with van der Waals surface area (Å²) in [5.74, 6) is -2.39. The molecule has 0 radical (unpaired) electrons. The van der Waals surface area contributed by atoms with Gasteiger partial charge in [0.2, 0.25) is 0 Å². The summed E-state index contributed by atoms with van der Waals surface area (Å²) < 4.78 is 25.4. The molecule has 1 aromatic rings. The van der Waals surface area contributed by atoms with E-state index in [2.05, 4.69) is 6.58 Å². The Bertz CT molecular complexity index is 350. The molecule has 13 heavy (non-hydrogen) atoms. The van der Waals surface area contributed by atoms with E-state index in [9.17, 15) is 8.78 Å². The number of aromatic hydroxyl groups is 1. The van der Waals surface area contributed by atoms with Crippen molar-refractivity contribution in [3.63, 3.8) is 0 Å². The molecular formula is C9H9F2NO. The fourth-order valence-electron chi connectivity index (χ4n) is 0.945. The minimum atomic E-state index is -1.01. The van der Waals surface area contributed by atoms with Crippen LogP contribution in [0.2, 0.25) is 0 Å². The van der Waals surface area contributed by atoms with Crippen LogP contribution in [0.5, 0.6) is 5.75 Å². The predicted octanol–water partition coefficient (Wildman–Crippen LogP) is 1.64. The third kappa shape index (κ3) is 1.84. The highest BCUT2D eigenvalue weighted by Gasteiger charge is 2.11. The average Bonchev–Trinajstić information content (AvgIpc) is 2.10. The normalized spacial score (nSPS) is 10.1. The van der Waals surface area contributed by atoms with Crippen LogP contribution in [-0.4, -0.2) is 11.7 Å². The van der Waals surface area contributed by atoms with Gasteiger partial charge in [-0.15, -0.1) is 0 Å². The maximum absolute atomic E-state index is 12.8. The molecule has 2 nitrogen and oxygen atoms in total. The first-order chi connectivity index (χ1) is 6.06. The minimum Gasteiger partial charge on any atom is -0.504 e. The van der Waals surface area contributed by atoms with Gasteiger partial charge in [0.25, 0.3) is 0 Å². The maximum atomic E-state index is 12.8. The van der Waals surface area contributed by atoms with Crippen LogP contribution in [-0.2, 0) is 0 Å². The zero-order valence-corrected chi connectivity index (χ0v) is 6.85. The smallest absolute Gasteiger partial charge is 0.168 e. The van der Waals surface area contributed by atoms with Crippen molar-refractivity contribution >= 4 is 5.57 Å². The molecule has 0 saturated carbocycles. The summed E-state index contributed by atoms with van der Waals surface area (Å²) >= 11 is 0. The van der Waals surface area contributed by atoms with Crippen molar-refractivity contribution in [2.45, 2.75) is 0 Å². The molecule has 0 aliphatic rings. The van der Waals surface area contributed by atoms with Gasteiger partial charge in [0, 0.05) is 18.2 Å². The van der Waals surface area contributed by atoms with Crippen molar-refractivity contribution in [1.29, 1.82) is 0 Å². The molecule has 0 aromatic heterocycles. The molecule has 0 fully saturated rings.